The molecule has 0 saturated heterocycles. The van der Waals surface area contributed by atoms with E-state index in [1.165, 1.54) is 0 Å². The average molecular weight is 365 g/mol. The standard InChI is InChI=1S/C16H15BrClN3/c1-10(18)16-20-14-7-6-12(17)9-15(14)21(16)11(2)13-5-3-4-8-19-13/h3-11H,1-2H3. The van der Waals surface area contributed by atoms with Gasteiger partial charge < -0.3 is 4.57 Å². The summed E-state index contributed by atoms with van der Waals surface area (Å²) in [4.78, 5) is 9.14. The van der Waals surface area contributed by atoms with Gasteiger partial charge in [0.25, 0.3) is 0 Å². The third-order valence-corrected chi connectivity index (χ3v) is 4.23. The minimum absolute atomic E-state index is 0.0710. The molecule has 21 heavy (non-hydrogen) atoms. The van der Waals surface area contributed by atoms with Gasteiger partial charge in [-0.1, -0.05) is 22.0 Å². The molecule has 2 heterocycles. The Balaban J connectivity index is 2.24. The van der Waals surface area contributed by atoms with Crippen molar-refractivity contribution in [3.63, 3.8) is 0 Å². The van der Waals surface area contributed by atoms with E-state index in [4.69, 9.17) is 11.6 Å². The lowest BCUT2D eigenvalue weighted by Crippen LogP contribution is -2.12. The van der Waals surface area contributed by atoms with Gasteiger partial charge in [-0.3, -0.25) is 4.98 Å². The predicted octanol–water partition coefficient (Wildman–Crippen LogP) is 5.10. The molecule has 0 saturated carbocycles. The maximum absolute atomic E-state index is 6.34. The van der Waals surface area contributed by atoms with Crippen LogP contribution in [0.15, 0.2) is 47.1 Å². The number of aromatic nitrogens is 3. The van der Waals surface area contributed by atoms with Crippen molar-refractivity contribution in [3.8, 4) is 0 Å². The van der Waals surface area contributed by atoms with E-state index >= 15 is 0 Å². The summed E-state index contributed by atoms with van der Waals surface area (Å²) in [6.07, 6.45) is 1.81. The van der Waals surface area contributed by atoms with Gasteiger partial charge in [-0.05, 0) is 44.2 Å². The lowest BCUT2D eigenvalue weighted by molar-refractivity contribution is 0.603. The maximum atomic E-state index is 6.34. The topological polar surface area (TPSA) is 30.7 Å². The summed E-state index contributed by atoms with van der Waals surface area (Å²) in [5, 5.41) is -0.165. The third kappa shape index (κ3) is 2.70. The van der Waals surface area contributed by atoms with E-state index in [9.17, 15) is 0 Å². The summed E-state index contributed by atoms with van der Waals surface area (Å²) >= 11 is 9.86. The fraction of sp³-hybridized carbons (Fsp3) is 0.250. The van der Waals surface area contributed by atoms with Crippen LogP contribution in [0, 0.1) is 0 Å². The number of fused-ring (bicyclic) bond motifs is 1. The molecular weight excluding hydrogens is 350 g/mol. The van der Waals surface area contributed by atoms with Crippen LogP contribution in [-0.4, -0.2) is 14.5 Å². The van der Waals surface area contributed by atoms with E-state index in [1.54, 1.807) is 0 Å². The zero-order valence-electron chi connectivity index (χ0n) is 11.8. The van der Waals surface area contributed by atoms with Gasteiger partial charge >= 0.3 is 0 Å². The molecule has 2 atom stereocenters. The molecule has 1 aromatic carbocycles. The summed E-state index contributed by atoms with van der Waals surface area (Å²) < 4.78 is 3.19. The lowest BCUT2D eigenvalue weighted by atomic mass is 10.2. The number of imidazole rings is 1. The molecule has 3 rings (SSSR count). The molecule has 0 aliphatic heterocycles. The zero-order chi connectivity index (χ0) is 15.0. The lowest BCUT2D eigenvalue weighted by Gasteiger charge is -2.18. The van der Waals surface area contributed by atoms with Gasteiger partial charge in [0.2, 0.25) is 0 Å². The highest BCUT2D eigenvalue weighted by Gasteiger charge is 2.20. The van der Waals surface area contributed by atoms with Crippen molar-refractivity contribution >= 4 is 38.6 Å². The summed E-state index contributed by atoms with van der Waals surface area (Å²) in [7, 11) is 0. The van der Waals surface area contributed by atoms with Crippen LogP contribution in [0.2, 0.25) is 0 Å². The second-order valence-corrected chi connectivity index (χ2v) is 6.59. The van der Waals surface area contributed by atoms with Crippen LogP contribution in [0.25, 0.3) is 11.0 Å². The van der Waals surface area contributed by atoms with Crippen LogP contribution in [0.3, 0.4) is 0 Å². The number of benzene rings is 1. The van der Waals surface area contributed by atoms with Gasteiger partial charge in [0.1, 0.15) is 5.82 Å². The van der Waals surface area contributed by atoms with Gasteiger partial charge in [0.15, 0.2) is 0 Å². The van der Waals surface area contributed by atoms with Gasteiger partial charge in [0, 0.05) is 10.7 Å². The molecule has 0 radical (unpaired) electrons. The van der Waals surface area contributed by atoms with Crippen LogP contribution in [0.4, 0.5) is 0 Å². The molecule has 5 heteroatoms. The number of pyridine rings is 1. The molecule has 0 bridgehead atoms. The van der Waals surface area contributed by atoms with Crippen LogP contribution in [0.5, 0.6) is 0 Å². The Morgan fingerprint density at radius 1 is 1.19 bits per heavy atom. The first-order valence-electron chi connectivity index (χ1n) is 6.80. The smallest absolute Gasteiger partial charge is 0.128 e. The Morgan fingerprint density at radius 2 is 2.00 bits per heavy atom. The van der Waals surface area contributed by atoms with E-state index < -0.39 is 0 Å². The summed E-state index contributed by atoms with van der Waals surface area (Å²) in [6.45, 7) is 4.06. The molecule has 0 aliphatic carbocycles. The fourth-order valence-electron chi connectivity index (χ4n) is 2.53. The molecule has 0 fully saturated rings. The van der Waals surface area contributed by atoms with Gasteiger partial charge in [-0.2, -0.15) is 0 Å². The van der Waals surface area contributed by atoms with E-state index in [0.29, 0.717) is 0 Å². The monoisotopic (exact) mass is 363 g/mol. The molecule has 3 nitrogen and oxygen atoms in total. The van der Waals surface area contributed by atoms with Crippen molar-refractivity contribution in [3.05, 3.63) is 58.6 Å². The number of alkyl halides is 1. The van der Waals surface area contributed by atoms with Crippen molar-refractivity contribution in [1.82, 2.24) is 14.5 Å². The molecule has 0 amide bonds. The highest BCUT2D eigenvalue weighted by atomic mass is 79.9. The fourth-order valence-corrected chi connectivity index (χ4v) is 3.03. The second-order valence-electron chi connectivity index (χ2n) is 5.02. The SMILES string of the molecule is CC(Cl)c1nc2ccc(Br)cc2n1C(C)c1ccccn1. The van der Waals surface area contributed by atoms with E-state index in [2.05, 4.69) is 43.5 Å². The first-order chi connectivity index (χ1) is 10.1. The predicted molar refractivity (Wildman–Crippen MR) is 89.8 cm³/mol. The molecule has 0 spiro atoms. The molecule has 108 valence electrons. The number of halogens is 2. The molecule has 2 aromatic heterocycles. The number of hydrogen-bond acceptors (Lipinski definition) is 2. The molecule has 0 aliphatic rings. The number of hydrogen-bond donors (Lipinski definition) is 0. The second kappa shape index (κ2) is 5.78. The third-order valence-electron chi connectivity index (χ3n) is 3.54. The first-order valence-corrected chi connectivity index (χ1v) is 8.03. The normalized spacial score (nSPS) is 14.3. The maximum Gasteiger partial charge on any atom is 0.128 e. The quantitative estimate of drug-likeness (QED) is 0.605. The summed E-state index contributed by atoms with van der Waals surface area (Å²) in [6, 6.07) is 12.1. The molecule has 2 unspecified atom stereocenters. The van der Waals surface area contributed by atoms with E-state index in [-0.39, 0.29) is 11.4 Å². The van der Waals surface area contributed by atoms with E-state index in [0.717, 1.165) is 27.0 Å². The minimum Gasteiger partial charge on any atom is -0.318 e. The average Bonchev–Trinajstić information content (AvgIpc) is 2.86. The Bertz CT molecular complexity index is 768. The molecule has 3 aromatic rings. The molecular formula is C16H15BrClN3. The largest absolute Gasteiger partial charge is 0.318 e. The van der Waals surface area contributed by atoms with Crippen molar-refractivity contribution in [2.75, 3.05) is 0 Å². The molecule has 0 N–H and O–H groups in total. The number of rotatable bonds is 3. The Labute approximate surface area is 137 Å². The first kappa shape index (κ1) is 14.5. The number of nitrogens with zero attached hydrogens (tertiary/aromatic N) is 3. The zero-order valence-corrected chi connectivity index (χ0v) is 14.1. The van der Waals surface area contributed by atoms with Crippen LogP contribution >= 0.6 is 27.5 Å². The highest BCUT2D eigenvalue weighted by molar-refractivity contribution is 9.10. The van der Waals surface area contributed by atoms with Gasteiger partial charge in [-0.15, -0.1) is 11.6 Å². The summed E-state index contributed by atoms with van der Waals surface area (Å²) in [5.74, 6) is 0.864. The van der Waals surface area contributed by atoms with Crippen LogP contribution in [-0.2, 0) is 0 Å². The van der Waals surface area contributed by atoms with Crippen molar-refractivity contribution < 1.29 is 0 Å². The van der Waals surface area contributed by atoms with Crippen molar-refractivity contribution in [2.45, 2.75) is 25.3 Å². The van der Waals surface area contributed by atoms with Crippen molar-refractivity contribution in [2.24, 2.45) is 0 Å². The Hall–Kier alpha value is -1.39. The van der Waals surface area contributed by atoms with E-state index in [1.807, 2.05) is 43.5 Å². The van der Waals surface area contributed by atoms with Crippen LogP contribution in [0.1, 0.15) is 36.8 Å². The minimum atomic E-state index is -0.165. The van der Waals surface area contributed by atoms with Gasteiger partial charge in [-0.25, -0.2) is 4.98 Å². The highest BCUT2D eigenvalue weighted by Crippen LogP contribution is 2.31. The summed E-state index contributed by atoms with van der Waals surface area (Å²) in [5.41, 5.74) is 3.00. The van der Waals surface area contributed by atoms with Crippen molar-refractivity contribution in [1.29, 1.82) is 0 Å². The Kier molecular flexibility index (Phi) is 4.00. The van der Waals surface area contributed by atoms with Crippen LogP contribution < -0.4 is 0 Å². The Morgan fingerprint density at radius 3 is 2.67 bits per heavy atom. The van der Waals surface area contributed by atoms with Gasteiger partial charge in [0.05, 0.1) is 28.1 Å².